The lowest BCUT2D eigenvalue weighted by Gasteiger charge is -2.15. The fraction of sp³-hybridized carbons (Fsp3) is 0.238. The van der Waals surface area contributed by atoms with Gasteiger partial charge in [-0.1, -0.05) is 24.3 Å². The van der Waals surface area contributed by atoms with Gasteiger partial charge in [0.15, 0.2) is 0 Å². The molecular formula is C21H21FN2O5. The van der Waals surface area contributed by atoms with Crippen molar-refractivity contribution in [2.75, 3.05) is 32.1 Å². The molecule has 152 valence electrons. The molecule has 0 radical (unpaired) electrons. The van der Waals surface area contributed by atoms with Gasteiger partial charge in [0.05, 0.1) is 25.8 Å². The van der Waals surface area contributed by atoms with Crippen LogP contribution >= 0.6 is 0 Å². The number of benzene rings is 2. The van der Waals surface area contributed by atoms with Crippen molar-refractivity contribution in [2.24, 2.45) is 0 Å². The highest BCUT2D eigenvalue weighted by Crippen LogP contribution is 2.25. The van der Waals surface area contributed by atoms with E-state index in [1.807, 2.05) is 0 Å². The Bertz CT molecular complexity index is 944. The molecule has 0 aliphatic carbocycles. The van der Waals surface area contributed by atoms with E-state index < -0.39 is 11.9 Å². The molecule has 0 fully saturated rings. The van der Waals surface area contributed by atoms with Crippen molar-refractivity contribution < 1.29 is 28.6 Å². The van der Waals surface area contributed by atoms with Crippen molar-refractivity contribution in [3.8, 4) is 5.75 Å². The summed E-state index contributed by atoms with van der Waals surface area (Å²) in [6, 6.07) is 13.1. The summed E-state index contributed by atoms with van der Waals surface area (Å²) in [7, 11) is 1.24. The zero-order valence-corrected chi connectivity index (χ0v) is 15.9. The summed E-state index contributed by atoms with van der Waals surface area (Å²) in [4.78, 5) is 26.0. The quantitative estimate of drug-likeness (QED) is 0.660. The summed E-state index contributed by atoms with van der Waals surface area (Å²) >= 11 is 0. The predicted molar refractivity (Wildman–Crippen MR) is 104 cm³/mol. The van der Waals surface area contributed by atoms with Gasteiger partial charge in [-0.25, -0.2) is 9.18 Å². The van der Waals surface area contributed by atoms with Crippen LogP contribution in [-0.2, 0) is 20.9 Å². The van der Waals surface area contributed by atoms with Crippen LogP contribution in [0.4, 0.5) is 10.1 Å². The normalized spacial score (nSPS) is 13.6. The second-order valence-corrected chi connectivity index (χ2v) is 6.33. The van der Waals surface area contributed by atoms with Gasteiger partial charge in [-0.2, -0.15) is 0 Å². The van der Waals surface area contributed by atoms with Gasteiger partial charge in [-0.3, -0.25) is 4.79 Å². The maximum absolute atomic E-state index is 13.7. The highest BCUT2D eigenvalue weighted by Gasteiger charge is 2.34. The monoisotopic (exact) mass is 400 g/mol. The van der Waals surface area contributed by atoms with Gasteiger partial charge in [-0.05, 0) is 18.2 Å². The Morgan fingerprint density at radius 2 is 2.03 bits per heavy atom. The molecule has 0 saturated carbocycles. The second-order valence-electron chi connectivity index (χ2n) is 6.33. The van der Waals surface area contributed by atoms with Gasteiger partial charge >= 0.3 is 5.97 Å². The molecule has 0 spiro atoms. The first-order chi connectivity index (χ1) is 14.0. The zero-order valence-electron chi connectivity index (χ0n) is 15.9. The molecule has 2 N–H and O–H groups in total. The number of halogens is 1. The lowest BCUT2D eigenvalue weighted by Crippen LogP contribution is -2.31. The van der Waals surface area contributed by atoms with Gasteiger partial charge < -0.3 is 24.8 Å². The summed E-state index contributed by atoms with van der Waals surface area (Å²) in [5, 5.41) is 12.1. The molecule has 0 saturated heterocycles. The van der Waals surface area contributed by atoms with E-state index in [1.165, 1.54) is 18.1 Å². The van der Waals surface area contributed by atoms with E-state index in [-0.39, 0.29) is 43.4 Å². The standard InChI is InChI=1S/C21H21FN2O5/c1-28-21(27)17-12-24(9-10-25)20(26)19(17)23-15-6-4-7-16(11-15)29-13-14-5-2-3-8-18(14)22/h2-8,11,23,25H,9-10,12-13H2,1H3. The van der Waals surface area contributed by atoms with Gasteiger partial charge in [0.2, 0.25) is 0 Å². The average molecular weight is 400 g/mol. The first-order valence-corrected chi connectivity index (χ1v) is 8.98. The van der Waals surface area contributed by atoms with E-state index in [0.29, 0.717) is 17.0 Å². The number of hydrogen-bond donors (Lipinski definition) is 2. The summed E-state index contributed by atoms with van der Waals surface area (Å²) in [5.74, 6) is -0.906. The molecule has 0 aromatic heterocycles. The SMILES string of the molecule is COC(=O)C1=C(Nc2cccc(OCc3ccccc3F)c2)C(=O)N(CCO)C1. The highest BCUT2D eigenvalue weighted by atomic mass is 19.1. The topological polar surface area (TPSA) is 88.1 Å². The number of methoxy groups -OCH3 is 1. The number of anilines is 1. The van der Waals surface area contributed by atoms with Crippen LogP contribution in [0.25, 0.3) is 0 Å². The summed E-state index contributed by atoms with van der Waals surface area (Å²) in [5.41, 5.74) is 1.22. The van der Waals surface area contributed by atoms with Crippen LogP contribution in [0.1, 0.15) is 5.56 Å². The van der Waals surface area contributed by atoms with Gasteiger partial charge in [0.25, 0.3) is 5.91 Å². The predicted octanol–water partition coefficient (Wildman–Crippen LogP) is 2.08. The third kappa shape index (κ3) is 4.72. The maximum Gasteiger partial charge on any atom is 0.337 e. The van der Waals surface area contributed by atoms with Crippen molar-refractivity contribution in [1.29, 1.82) is 0 Å². The number of ether oxygens (including phenoxy) is 2. The minimum absolute atomic E-state index is 0.0510. The number of nitrogens with zero attached hydrogens (tertiary/aromatic N) is 1. The molecule has 0 bridgehead atoms. The van der Waals surface area contributed by atoms with Crippen molar-refractivity contribution in [3.63, 3.8) is 0 Å². The largest absolute Gasteiger partial charge is 0.489 e. The van der Waals surface area contributed by atoms with E-state index in [0.717, 1.165) is 0 Å². The van der Waals surface area contributed by atoms with E-state index in [1.54, 1.807) is 42.5 Å². The van der Waals surface area contributed by atoms with Crippen LogP contribution in [-0.4, -0.2) is 48.7 Å². The Kier molecular flexibility index (Phi) is 6.46. The summed E-state index contributed by atoms with van der Waals surface area (Å²) in [6.07, 6.45) is 0. The molecule has 2 aromatic rings. The van der Waals surface area contributed by atoms with Crippen molar-refractivity contribution in [1.82, 2.24) is 4.90 Å². The number of hydrogen-bond acceptors (Lipinski definition) is 6. The van der Waals surface area contributed by atoms with Crippen LogP contribution in [0.15, 0.2) is 59.8 Å². The van der Waals surface area contributed by atoms with E-state index in [2.05, 4.69) is 5.32 Å². The fourth-order valence-electron chi connectivity index (χ4n) is 2.93. The minimum Gasteiger partial charge on any atom is -0.489 e. The summed E-state index contributed by atoms with van der Waals surface area (Å²) in [6.45, 7) is -0.00351. The Hall–Kier alpha value is -3.39. The van der Waals surface area contributed by atoms with Crippen LogP contribution in [0, 0.1) is 5.82 Å². The Morgan fingerprint density at radius 3 is 2.76 bits per heavy atom. The number of aliphatic hydroxyl groups excluding tert-OH is 1. The first-order valence-electron chi connectivity index (χ1n) is 8.98. The number of carbonyl (C=O) groups is 2. The number of amides is 1. The van der Waals surface area contributed by atoms with Crippen LogP contribution in [0.2, 0.25) is 0 Å². The molecule has 1 aliphatic heterocycles. The van der Waals surface area contributed by atoms with Gasteiger partial charge in [0.1, 0.15) is 23.9 Å². The molecule has 0 atom stereocenters. The molecule has 8 heteroatoms. The van der Waals surface area contributed by atoms with Crippen LogP contribution < -0.4 is 10.1 Å². The van der Waals surface area contributed by atoms with E-state index >= 15 is 0 Å². The van der Waals surface area contributed by atoms with Crippen molar-refractivity contribution >= 4 is 17.6 Å². The van der Waals surface area contributed by atoms with Crippen LogP contribution in [0.3, 0.4) is 0 Å². The number of aliphatic hydroxyl groups is 1. The Balaban J connectivity index is 1.76. The van der Waals surface area contributed by atoms with Gasteiger partial charge in [0, 0.05) is 23.9 Å². The Labute approximate surface area is 167 Å². The lowest BCUT2D eigenvalue weighted by atomic mass is 10.2. The fourth-order valence-corrected chi connectivity index (χ4v) is 2.93. The lowest BCUT2D eigenvalue weighted by molar-refractivity contribution is -0.136. The number of esters is 1. The Morgan fingerprint density at radius 1 is 1.24 bits per heavy atom. The molecule has 1 aliphatic rings. The first kappa shape index (κ1) is 20.3. The number of carbonyl (C=O) groups excluding carboxylic acids is 2. The molecule has 7 nitrogen and oxygen atoms in total. The molecule has 1 amide bonds. The zero-order chi connectivity index (χ0) is 20.8. The molecular weight excluding hydrogens is 379 g/mol. The minimum atomic E-state index is -0.617. The summed E-state index contributed by atoms with van der Waals surface area (Å²) < 4.78 is 24.1. The van der Waals surface area contributed by atoms with Crippen molar-refractivity contribution in [3.05, 3.63) is 71.2 Å². The molecule has 3 rings (SSSR count). The molecule has 29 heavy (non-hydrogen) atoms. The second kappa shape index (κ2) is 9.20. The maximum atomic E-state index is 13.7. The van der Waals surface area contributed by atoms with Crippen LogP contribution in [0.5, 0.6) is 5.75 Å². The third-order valence-electron chi connectivity index (χ3n) is 4.41. The molecule has 2 aromatic carbocycles. The van der Waals surface area contributed by atoms with E-state index in [4.69, 9.17) is 14.6 Å². The average Bonchev–Trinajstić information content (AvgIpc) is 3.03. The number of rotatable bonds is 8. The number of nitrogens with one attached hydrogen (secondary N) is 1. The molecule has 1 heterocycles. The van der Waals surface area contributed by atoms with Crippen molar-refractivity contribution in [2.45, 2.75) is 6.61 Å². The highest BCUT2D eigenvalue weighted by molar-refractivity contribution is 6.08. The van der Waals surface area contributed by atoms with Gasteiger partial charge in [-0.15, -0.1) is 0 Å². The molecule has 0 unspecified atom stereocenters. The number of β-amino-alcohol motifs (C(OH)–C–C–N with tert-alkyl or cyclic N) is 1. The third-order valence-corrected chi connectivity index (χ3v) is 4.41. The van der Waals surface area contributed by atoms with E-state index in [9.17, 15) is 14.0 Å². The smallest absolute Gasteiger partial charge is 0.337 e.